The van der Waals surface area contributed by atoms with E-state index in [0.717, 1.165) is 64.9 Å². The minimum Gasteiger partial charge on any atom is -0.496 e. The summed E-state index contributed by atoms with van der Waals surface area (Å²) >= 11 is 1.77. The van der Waals surface area contributed by atoms with E-state index < -0.39 is 0 Å². The molecule has 6 rings (SSSR count). The number of ketones is 1. The summed E-state index contributed by atoms with van der Waals surface area (Å²) in [5, 5.41) is 11.1. The number of nitrogens with zero attached hydrogens (tertiary/aromatic N) is 5. The normalized spacial score (nSPS) is 20.1. The number of Topliss-reactive ketones (excluding diaryl/α,β-unsaturated/α-hetero) is 1. The van der Waals surface area contributed by atoms with Crippen molar-refractivity contribution in [3.8, 4) is 17.1 Å². The summed E-state index contributed by atoms with van der Waals surface area (Å²) < 4.78 is 7.50. The Kier molecular flexibility index (Phi) is 7.73. The average molecular weight is 564 g/mol. The molecule has 2 atom stereocenters. The molecule has 0 spiro atoms. The van der Waals surface area contributed by atoms with Crippen LogP contribution in [0, 0.1) is 12.8 Å². The Morgan fingerprint density at radius 1 is 1.18 bits per heavy atom. The van der Waals surface area contributed by atoms with Crippen LogP contribution in [0.2, 0.25) is 0 Å². The molecule has 2 aliphatic rings. The summed E-state index contributed by atoms with van der Waals surface area (Å²) in [5.41, 5.74) is 5.23. The van der Waals surface area contributed by atoms with Gasteiger partial charge in [-0.1, -0.05) is 36.0 Å². The van der Waals surface area contributed by atoms with Gasteiger partial charge in [-0.15, -0.1) is 22.6 Å². The number of hydrogen-bond acceptors (Lipinski definition) is 7. The highest BCUT2D eigenvalue weighted by molar-refractivity contribution is 7.99. The highest BCUT2D eigenvalue weighted by Gasteiger charge is 2.60. The number of rotatable bonds is 9. The molecule has 0 bridgehead atoms. The van der Waals surface area contributed by atoms with Gasteiger partial charge in [-0.2, -0.15) is 0 Å². The van der Waals surface area contributed by atoms with Crippen LogP contribution in [0.1, 0.15) is 41.4 Å². The summed E-state index contributed by atoms with van der Waals surface area (Å²) in [7, 11) is 3.67. The third-order valence-electron chi connectivity index (χ3n) is 8.17. The number of fused-ring (bicyclic) bond motifs is 2. The first-order chi connectivity index (χ1) is 18.4. The Bertz CT molecular complexity index is 1540. The maximum Gasteiger partial charge on any atom is 0.191 e. The third kappa shape index (κ3) is 5.06. The van der Waals surface area contributed by atoms with Gasteiger partial charge in [-0.25, -0.2) is 0 Å². The number of ether oxygens (including phenoxy) is 1. The number of carbonyl (C=O) groups excluding carboxylic acids is 1. The van der Waals surface area contributed by atoms with Gasteiger partial charge >= 0.3 is 0 Å². The molecule has 39 heavy (non-hydrogen) atoms. The fourth-order valence-corrected chi connectivity index (χ4v) is 6.91. The first-order valence-electron chi connectivity index (χ1n) is 13.2. The maximum absolute atomic E-state index is 12.1. The lowest BCUT2D eigenvalue weighted by Gasteiger charge is -2.21. The summed E-state index contributed by atoms with van der Waals surface area (Å²) in [4.78, 5) is 19.4. The zero-order chi connectivity index (χ0) is 26.4. The lowest BCUT2D eigenvalue weighted by molar-refractivity contribution is 0.101. The molecular formula is C30H34ClN5O2S. The van der Waals surface area contributed by atoms with Gasteiger partial charge in [0.05, 0.1) is 18.2 Å². The molecule has 4 aromatic rings. The highest BCUT2D eigenvalue weighted by Crippen LogP contribution is 2.59. The van der Waals surface area contributed by atoms with Crippen molar-refractivity contribution in [2.45, 2.75) is 37.3 Å². The van der Waals surface area contributed by atoms with Gasteiger partial charge in [0.25, 0.3) is 0 Å². The van der Waals surface area contributed by atoms with E-state index in [2.05, 4.69) is 48.9 Å². The molecule has 0 N–H and O–H groups in total. The van der Waals surface area contributed by atoms with Crippen molar-refractivity contribution in [2.75, 3.05) is 32.5 Å². The van der Waals surface area contributed by atoms with Gasteiger partial charge < -0.3 is 14.2 Å². The lowest BCUT2D eigenvalue weighted by atomic mass is 9.92. The van der Waals surface area contributed by atoms with E-state index in [1.165, 1.54) is 12.0 Å². The third-order valence-corrected chi connectivity index (χ3v) is 9.27. The standard InChI is InChI=1S/C30H33N5O2S.ClH/c1-19-9-11-23-24(7-5-8-26(23)31-19)28-32-33-29(34(28)3)38-14-6-13-35-17-22-16-30(22,18-35)21-10-12-27(37-4)25(15-21)20(2)36;/h5,7-12,15,22H,6,13-14,16-18H2,1-4H3;1H/t22-,30+;/m0./s1. The molecule has 1 saturated heterocycles. The van der Waals surface area contributed by atoms with Crippen molar-refractivity contribution < 1.29 is 9.53 Å². The Morgan fingerprint density at radius 3 is 2.82 bits per heavy atom. The number of methoxy groups -OCH3 is 1. The van der Waals surface area contributed by atoms with Crippen LogP contribution in [-0.2, 0) is 12.5 Å². The van der Waals surface area contributed by atoms with E-state index in [0.29, 0.717) is 17.2 Å². The molecule has 1 saturated carbocycles. The van der Waals surface area contributed by atoms with Crippen molar-refractivity contribution in [3.05, 3.63) is 65.4 Å². The predicted octanol–water partition coefficient (Wildman–Crippen LogP) is 5.73. The fraction of sp³-hybridized carbons (Fsp3) is 0.400. The van der Waals surface area contributed by atoms with Gasteiger partial charge in [0, 0.05) is 47.9 Å². The van der Waals surface area contributed by atoms with Crippen molar-refractivity contribution in [2.24, 2.45) is 13.0 Å². The van der Waals surface area contributed by atoms with E-state index in [1.54, 1.807) is 25.8 Å². The molecule has 0 amide bonds. The second-order valence-electron chi connectivity index (χ2n) is 10.7. The van der Waals surface area contributed by atoms with E-state index >= 15 is 0 Å². The highest BCUT2D eigenvalue weighted by atomic mass is 35.5. The van der Waals surface area contributed by atoms with Gasteiger partial charge in [-0.3, -0.25) is 9.78 Å². The van der Waals surface area contributed by atoms with Gasteiger partial charge in [0.1, 0.15) is 5.75 Å². The van der Waals surface area contributed by atoms with Crippen LogP contribution >= 0.6 is 24.2 Å². The molecule has 0 radical (unpaired) electrons. The smallest absolute Gasteiger partial charge is 0.191 e. The Hall–Kier alpha value is -2.94. The number of aromatic nitrogens is 4. The molecule has 9 heteroatoms. The summed E-state index contributed by atoms with van der Waals surface area (Å²) in [6, 6.07) is 16.5. The predicted molar refractivity (Wildman–Crippen MR) is 158 cm³/mol. The minimum atomic E-state index is 0. The van der Waals surface area contributed by atoms with E-state index in [4.69, 9.17) is 4.74 Å². The molecule has 2 fully saturated rings. The van der Waals surface area contributed by atoms with Crippen LogP contribution in [0.15, 0.2) is 53.7 Å². The number of pyridine rings is 1. The van der Waals surface area contributed by atoms with Crippen LogP contribution in [0.25, 0.3) is 22.3 Å². The van der Waals surface area contributed by atoms with Crippen LogP contribution in [-0.4, -0.2) is 62.9 Å². The molecular weight excluding hydrogens is 530 g/mol. The number of piperidine rings is 1. The topological polar surface area (TPSA) is 73.1 Å². The number of thioether (sulfide) groups is 1. The molecule has 1 aliphatic carbocycles. The quantitative estimate of drug-likeness (QED) is 0.146. The summed E-state index contributed by atoms with van der Waals surface area (Å²) in [5.74, 6) is 3.27. The van der Waals surface area contributed by atoms with Crippen molar-refractivity contribution >= 4 is 40.9 Å². The molecule has 7 nitrogen and oxygen atoms in total. The maximum atomic E-state index is 12.1. The zero-order valence-corrected chi connectivity index (χ0v) is 24.4. The molecule has 2 aromatic carbocycles. The van der Waals surface area contributed by atoms with Crippen molar-refractivity contribution in [1.29, 1.82) is 0 Å². The SMILES string of the molecule is COc1ccc([C@]23C[C@H]2CN(CCCSc2nnc(-c4cccc5nc(C)ccc45)n2C)C3)cc1C(C)=O.Cl. The Labute approximate surface area is 239 Å². The molecule has 3 heterocycles. The number of halogens is 1. The number of likely N-dealkylation sites (tertiary alicyclic amines) is 1. The van der Waals surface area contributed by atoms with Gasteiger partial charge in [0.15, 0.2) is 16.8 Å². The second kappa shape index (κ2) is 10.9. The fourth-order valence-electron chi connectivity index (χ4n) is 6.08. The monoisotopic (exact) mass is 563 g/mol. The molecule has 204 valence electrons. The molecule has 0 unspecified atom stereocenters. The zero-order valence-electron chi connectivity index (χ0n) is 22.8. The average Bonchev–Trinajstić information content (AvgIpc) is 3.29. The van der Waals surface area contributed by atoms with Crippen molar-refractivity contribution in [1.82, 2.24) is 24.6 Å². The van der Waals surface area contributed by atoms with E-state index in [-0.39, 0.29) is 23.6 Å². The number of hydrogen-bond donors (Lipinski definition) is 0. The number of aryl methyl sites for hydroxylation is 1. The van der Waals surface area contributed by atoms with Crippen molar-refractivity contribution in [3.63, 3.8) is 0 Å². The Morgan fingerprint density at radius 2 is 2.03 bits per heavy atom. The summed E-state index contributed by atoms with van der Waals surface area (Å²) in [6.45, 7) is 6.89. The molecule has 2 aromatic heterocycles. The lowest BCUT2D eigenvalue weighted by Crippen LogP contribution is -2.28. The largest absolute Gasteiger partial charge is 0.496 e. The van der Waals surface area contributed by atoms with Crippen LogP contribution in [0.4, 0.5) is 0 Å². The number of benzene rings is 2. The van der Waals surface area contributed by atoms with Crippen LogP contribution < -0.4 is 4.74 Å². The van der Waals surface area contributed by atoms with E-state index in [1.807, 2.05) is 38.2 Å². The first kappa shape index (κ1) is 27.6. The number of carbonyl (C=O) groups is 1. The van der Waals surface area contributed by atoms with Crippen LogP contribution in [0.3, 0.4) is 0 Å². The van der Waals surface area contributed by atoms with E-state index in [9.17, 15) is 4.79 Å². The minimum absolute atomic E-state index is 0. The van der Waals surface area contributed by atoms with Crippen LogP contribution in [0.5, 0.6) is 5.75 Å². The second-order valence-corrected chi connectivity index (χ2v) is 11.7. The summed E-state index contributed by atoms with van der Waals surface area (Å²) in [6.07, 6.45) is 2.31. The first-order valence-corrected chi connectivity index (χ1v) is 14.2. The Balaban J connectivity index is 0.00000308. The van der Waals surface area contributed by atoms with Gasteiger partial charge in [0.2, 0.25) is 0 Å². The molecule has 1 aliphatic heterocycles. The van der Waals surface area contributed by atoms with Gasteiger partial charge in [-0.05, 0) is 69.0 Å².